The average Bonchev–Trinajstić information content (AvgIpc) is 3.21. The second kappa shape index (κ2) is 7.08. The molecule has 0 saturated heterocycles. The maximum atomic E-state index is 5.10. The van der Waals surface area contributed by atoms with Crippen LogP contribution in [-0.2, 0) is 30.0 Å². The minimum atomic E-state index is 0.628. The predicted molar refractivity (Wildman–Crippen MR) is 98.7 cm³/mol. The molecule has 0 amide bonds. The smallest absolute Gasteiger partial charge is 0.186 e. The van der Waals surface area contributed by atoms with Crippen LogP contribution in [0.1, 0.15) is 15.3 Å². The maximum absolute atomic E-state index is 5.10. The van der Waals surface area contributed by atoms with Crippen molar-refractivity contribution in [1.29, 1.82) is 0 Å². The molecule has 4 heterocycles. The first kappa shape index (κ1) is 15.9. The minimum absolute atomic E-state index is 0.628. The SMILES string of the molecule is COCCn1cc2c(NCc3cc4c(s3)CCSC4)ncnc2n1. The maximum Gasteiger partial charge on any atom is 0.186 e. The van der Waals surface area contributed by atoms with Crippen LogP contribution in [0, 0.1) is 0 Å². The zero-order valence-corrected chi connectivity index (χ0v) is 15.1. The molecule has 24 heavy (non-hydrogen) atoms. The van der Waals surface area contributed by atoms with Gasteiger partial charge in [-0.05, 0) is 23.8 Å². The molecule has 8 heteroatoms. The third-order valence-electron chi connectivity index (χ3n) is 4.00. The van der Waals surface area contributed by atoms with E-state index in [0.29, 0.717) is 18.8 Å². The van der Waals surface area contributed by atoms with Gasteiger partial charge in [0, 0.05) is 28.8 Å². The zero-order chi connectivity index (χ0) is 16.4. The molecule has 0 radical (unpaired) electrons. The fourth-order valence-corrected chi connectivity index (χ4v) is 5.11. The molecule has 0 spiro atoms. The van der Waals surface area contributed by atoms with E-state index >= 15 is 0 Å². The molecule has 1 aliphatic rings. The molecule has 1 N–H and O–H groups in total. The average molecular weight is 361 g/mol. The van der Waals surface area contributed by atoms with Crippen molar-refractivity contribution in [1.82, 2.24) is 19.7 Å². The Bertz CT molecular complexity index is 821. The summed E-state index contributed by atoms with van der Waals surface area (Å²) in [6.45, 7) is 2.13. The van der Waals surface area contributed by atoms with E-state index in [-0.39, 0.29) is 0 Å². The second-order valence-electron chi connectivity index (χ2n) is 5.66. The first-order valence-corrected chi connectivity index (χ1v) is 9.90. The summed E-state index contributed by atoms with van der Waals surface area (Å²) >= 11 is 3.94. The largest absolute Gasteiger partial charge is 0.383 e. The number of hydrogen-bond acceptors (Lipinski definition) is 7. The number of nitrogens with zero attached hydrogens (tertiary/aromatic N) is 4. The summed E-state index contributed by atoms with van der Waals surface area (Å²) in [6.07, 6.45) is 4.75. The van der Waals surface area contributed by atoms with Crippen molar-refractivity contribution in [3.63, 3.8) is 0 Å². The second-order valence-corrected chi connectivity index (χ2v) is 7.99. The van der Waals surface area contributed by atoms with Crippen LogP contribution in [0.5, 0.6) is 0 Å². The summed E-state index contributed by atoms with van der Waals surface area (Å²) in [5, 5.41) is 8.86. The van der Waals surface area contributed by atoms with Crippen molar-refractivity contribution < 1.29 is 4.74 Å². The Kier molecular flexibility index (Phi) is 4.68. The normalized spacial score (nSPS) is 14.0. The first-order chi connectivity index (χ1) is 11.8. The van der Waals surface area contributed by atoms with Gasteiger partial charge in [-0.15, -0.1) is 11.3 Å². The fraction of sp³-hybridized carbons (Fsp3) is 0.438. The van der Waals surface area contributed by atoms with Crippen molar-refractivity contribution in [2.75, 3.05) is 24.8 Å². The molecule has 1 aliphatic heterocycles. The van der Waals surface area contributed by atoms with Gasteiger partial charge in [0.15, 0.2) is 5.65 Å². The van der Waals surface area contributed by atoms with Gasteiger partial charge in [0.05, 0.1) is 25.1 Å². The number of hydrogen-bond donors (Lipinski definition) is 1. The van der Waals surface area contributed by atoms with Crippen molar-refractivity contribution in [3.05, 3.63) is 33.9 Å². The van der Waals surface area contributed by atoms with E-state index in [9.17, 15) is 0 Å². The lowest BCUT2D eigenvalue weighted by molar-refractivity contribution is 0.184. The van der Waals surface area contributed by atoms with Gasteiger partial charge in [-0.25, -0.2) is 9.97 Å². The lowest BCUT2D eigenvalue weighted by Crippen LogP contribution is -2.04. The number of thioether (sulfide) groups is 1. The summed E-state index contributed by atoms with van der Waals surface area (Å²) in [7, 11) is 1.69. The third kappa shape index (κ3) is 3.26. The number of thiophene rings is 1. The van der Waals surface area contributed by atoms with E-state index in [1.165, 1.54) is 22.6 Å². The van der Waals surface area contributed by atoms with Gasteiger partial charge in [0.25, 0.3) is 0 Å². The molecule has 4 rings (SSSR count). The van der Waals surface area contributed by atoms with Gasteiger partial charge >= 0.3 is 0 Å². The lowest BCUT2D eigenvalue weighted by atomic mass is 10.2. The van der Waals surface area contributed by atoms with Gasteiger partial charge in [0.2, 0.25) is 0 Å². The Balaban J connectivity index is 1.51. The van der Waals surface area contributed by atoms with Crippen LogP contribution >= 0.6 is 23.1 Å². The summed E-state index contributed by atoms with van der Waals surface area (Å²) in [6, 6.07) is 2.33. The highest BCUT2D eigenvalue weighted by Crippen LogP contribution is 2.32. The van der Waals surface area contributed by atoms with Crippen LogP contribution in [0.4, 0.5) is 5.82 Å². The Morgan fingerprint density at radius 2 is 2.33 bits per heavy atom. The molecule has 6 nitrogen and oxygen atoms in total. The zero-order valence-electron chi connectivity index (χ0n) is 13.5. The Morgan fingerprint density at radius 1 is 1.38 bits per heavy atom. The van der Waals surface area contributed by atoms with E-state index in [4.69, 9.17) is 4.74 Å². The number of ether oxygens (including phenoxy) is 1. The van der Waals surface area contributed by atoms with Crippen molar-refractivity contribution in [2.45, 2.75) is 25.3 Å². The van der Waals surface area contributed by atoms with Crippen LogP contribution in [0.2, 0.25) is 0 Å². The molecule has 3 aromatic rings. The van der Waals surface area contributed by atoms with Gasteiger partial charge in [-0.2, -0.15) is 16.9 Å². The molecule has 0 bridgehead atoms. The fourth-order valence-electron chi connectivity index (χ4n) is 2.79. The van der Waals surface area contributed by atoms with Crippen LogP contribution in [0.15, 0.2) is 18.6 Å². The van der Waals surface area contributed by atoms with Gasteiger partial charge in [-0.1, -0.05) is 0 Å². The van der Waals surface area contributed by atoms with Crippen molar-refractivity contribution in [2.24, 2.45) is 0 Å². The highest BCUT2D eigenvalue weighted by Gasteiger charge is 2.14. The molecule has 126 valence electrons. The summed E-state index contributed by atoms with van der Waals surface area (Å²) in [4.78, 5) is 11.6. The predicted octanol–water partition coefficient (Wildman–Crippen LogP) is 2.94. The summed E-state index contributed by atoms with van der Waals surface area (Å²) in [5.74, 6) is 3.23. The summed E-state index contributed by atoms with van der Waals surface area (Å²) < 4.78 is 6.96. The third-order valence-corrected chi connectivity index (χ3v) is 6.24. The Morgan fingerprint density at radius 3 is 3.21 bits per heavy atom. The molecule has 0 unspecified atom stereocenters. The number of anilines is 1. The topological polar surface area (TPSA) is 64.9 Å². The quantitative estimate of drug-likeness (QED) is 0.728. The highest BCUT2D eigenvalue weighted by molar-refractivity contribution is 7.98. The number of rotatable bonds is 6. The molecule has 0 aromatic carbocycles. The van der Waals surface area contributed by atoms with Crippen LogP contribution in [-0.4, -0.2) is 39.2 Å². The molecule has 0 atom stereocenters. The van der Waals surface area contributed by atoms with Gasteiger partial charge < -0.3 is 10.1 Å². The standard InChI is InChI=1S/C16H19N5OS2/c1-22-4-3-21-8-13-15(18-10-19-16(13)20-21)17-7-12-6-11-9-23-5-2-14(11)24-12/h6,8,10H,2-5,7,9H2,1H3,(H,17,18,19,20). The van der Waals surface area contributed by atoms with E-state index in [1.807, 2.05) is 34.0 Å². The minimum Gasteiger partial charge on any atom is -0.383 e. The summed E-state index contributed by atoms with van der Waals surface area (Å²) in [5.41, 5.74) is 2.22. The molecular weight excluding hydrogens is 342 g/mol. The Hall–Kier alpha value is -1.64. The van der Waals surface area contributed by atoms with Gasteiger partial charge in [-0.3, -0.25) is 4.68 Å². The van der Waals surface area contributed by atoms with Gasteiger partial charge in [0.1, 0.15) is 12.1 Å². The molecule has 3 aromatic heterocycles. The number of nitrogens with one attached hydrogen (secondary N) is 1. The van der Waals surface area contributed by atoms with Crippen LogP contribution < -0.4 is 5.32 Å². The molecule has 0 saturated carbocycles. The Labute approximate surface area is 148 Å². The van der Waals surface area contributed by atoms with E-state index in [0.717, 1.165) is 23.5 Å². The molecule has 0 fully saturated rings. The van der Waals surface area contributed by atoms with Crippen molar-refractivity contribution >= 4 is 39.9 Å². The molecular formula is C16H19N5OS2. The van der Waals surface area contributed by atoms with Crippen LogP contribution in [0.25, 0.3) is 11.0 Å². The van der Waals surface area contributed by atoms with Crippen molar-refractivity contribution in [3.8, 4) is 0 Å². The van der Waals surface area contributed by atoms with E-state index < -0.39 is 0 Å². The highest BCUT2D eigenvalue weighted by atomic mass is 32.2. The number of fused-ring (bicyclic) bond motifs is 2. The lowest BCUT2D eigenvalue weighted by Gasteiger charge is -2.08. The van der Waals surface area contributed by atoms with E-state index in [2.05, 4.69) is 26.4 Å². The van der Waals surface area contributed by atoms with E-state index in [1.54, 1.807) is 18.3 Å². The number of aryl methyl sites for hydroxylation is 1. The molecule has 0 aliphatic carbocycles. The first-order valence-electron chi connectivity index (χ1n) is 7.92. The monoisotopic (exact) mass is 361 g/mol. The van der Waals surface area contributed by atoms with Crippen LogP contribution in [0.3, 0.4) is 0 Å². The number of methoxy groups -OCH3 is 1. The number of aromatic nitrogens is 4.